The average molecular weight is 340 g/mol. The fourth-order valence-electron chi connectivity index (χ4n) is 2.87. The number of nitrogens with one attached hydrogen (secondary N) is 1. The van der Waals surface area contributed by atoms with E-state index >= 15 is 0 Å². The molecule has 1 aromatic carbocycles. The van der Waals surface area contributed by atoms with E-state index in [1.807, 2.05) is 32.0 Å². The van der Waals surface area contributed by atoms with Gasteiger partial charge in [0.25, 0.3) is 5.91 Å². The van der Waals surface area contributed by atoms with Crippen molar-refractivity contribution >= 4 is 29.9 Å². The molecule has 5 nitrogen and oxygen atoms in total. The second kappa shape index (κ2) is 8.77. The minimum atomic E-state index is -0.0824. The van der Waals surface area contributed by atoms with Crippen molar-refractivity contribution in [2.24, 2.45) is 0 Å². The van der Waals surface area contributed by atoms with E-state index in [0.29, 0.717) is 18.7 Å². The van der Waals surface area contributed by atoms with Crippen molar-refractivity contribution in [3.8, 4) is 0 Å². The minimum absolute atomic E-state index is 0. The zero-order chi connectivity index (χ0) is 16.1. The largest absolute Gasteiger partial charge is 0.385 e. The number of nitrogens with zero attached hydrogens (tertiary/aromatic N) is 2. The molecule has 0 spiro atoms. The molecule has 1 aliphatic heterocycles. The second-order valence-electron chi connectivity index (χ2n) is 5.59. The van der Waals surface area contributed by atoms with E-state index in [2.05, 4.69) is 5.32 Å². The van der Waals surface area contributed by atoms with Crippen molar-refractivity contribution in [2.45, 2.75) is 26.7 Å². The van der Waals surface area contributed by atoms with Gasteiger partial charge in [-0.1, -0.05) is 6.07 Å². The molecule has 0 radical (unpaired) electrons. The highest BCUT2D eigenvalue weighted by Gasteiger charge is 2.22. The molecule has 0 aliphatic carbocycles. The van der Waals surface area contributed by atoms with Crippen molar-refractivity contribution in [3.05, 3.63) is 29.3 Å². The van der Waals surface area contributed by atoms with Crippen LogP contribution in [0.15, 0.2) is 18.2 Å². The molecule has 1 heterocycles. The van der Waals surface area contributed by atoms with Crippen LogP contribution in [-0.4, -0.2) is 54.8 Å². The van der Waals surface area contributed by atoms with Gasteiger partial charge in [-0.15, -0.1) is 12.4 Å². The molecule has 6 heteroatoms. The molecule has 2 rings (SSSR count). The van der Waals surface area contributed by atoms with Gasteiger partial charge in [0.2, 0.25) is 5.91 Å². The van der Waals surface area contributed by atoms with Crippen molar-refractivity contribution in [3.63, 3.8) is 0 Å². The lowest BCUT2D eigenvalue weighted by molar-refractivity contribution is -0.131. The second-order valence-corrected chi connectivity index (χ2v) is 5.59. The van der Waals surface area contributed by atoms with Crippen LogP contribution in [0.2, 0.25) is 0 Å². The van der Waals surface area contributed by atoms with Gasteiger partial charge < -0.3 is 15.1 Å². The molecule has 128 valence electrons. The van der Waals surface area contributed by atoms with Crippen molar-refractivity contribution in [1.29, 1.82) is 0 Å². The van der Waals surface area contributed by atoms with E-state index in [-0.39, 0.29) is 30.8 Å². The van der Waals surface area contributed by atoms with Crippen LogP contribution >= 0.6 is 12.4 Å². The summed E-state index contributed by atoms with van der Waals surface area (Å²) < 4.78 is 0. The number of carbonyl (C=O) groups excluding carboxylic acids is 2. The Labute approximate surface area is 144 Å². The van der Waals surface area contributed by atoms with E-state index in [1.54, 1.807) is 11.9 Å². The lowest BCUT2D eigenvalue weighted by atomic mass is 9.97. The fourth-order valence-corrected chi connectivity index (χ4v) is 2.87. The molecule has 0 saturated heterocycles. The molecule has 2 amide bonds. The topological polar surface area (TPSA) is 52.7 Å². The maximum Gasteiger partial charge on any atom is 0.254 e. The normalized spacial score (nSPS) is 12.5. The lowest BCUT2D eigenvalue weighted by Crippen LogP contribution is -2.41. The quantitative estimate of drug-likeness (QED) is 0.896. The summed E-state index contributed by atoms with van der Waals surface area (Å²) >= 11 is 0. The van der Waals surface area contributed by atoms with Crippen molar-refractivity contribution < 1.29 is 9.59 Å². The van der Waals surface area contributed by atoms with Crippen LogP contribution in [0.4, 0.5) is 5.69 Å². The molecular weight excluding hydrogens is 314 g/mol. The number of fused-ring (bicyclic) bond motifs is 1. The van der Waals surface area contributed by atoms with Crippen LogP contribution in [0.1, 0.15) is 36.2 Å². The van der Waals surface area contributed by atoms with Gasteiger partial charge in [0.1, 0.15) is 0 Å². The first kappa shape index (κ1) is 19.3. The standard InChI is InChI=1S/C17H25N3O2.ClH/c1-4-20(5-2)16(21)12-19(3)17(22)14-8-6-10-15-13(14)9-7-11-18-15;/h6,8,10,18H,4-5,7,9,11-12H2,1-3H3;1H. The Morgan fingerprint density at radius 3 is 2.57 bits per heavy atom. The lowest BCUT2D eigenvalue weighted by Gasteiger charge is -2.25. The Bertz CT molecular complexity index is 559. The minimum Gasteiger partial charge on any atom is -0.385 e. The summed E-state index contributed by atoms with van der Waals surface area (Å²) in [5.41, 5.74) is 2.82. The molecule has 1 aromatic rings. The molecule has 1 aliphatic rings. The van der Waals surface area contributed by atoms with Gasteiger partial charge in [0.15, 0.2) is 0 Å². The van der Waals surface area contributed by atoms with Gasteiger partial charge in [-0.2, -0.15) is 0 Å². The van der Waals surface area contributed by atoms with Gasteiger partial charge in [0, 0.05) is 37.9 Å². The number of anilines is 1. The fraction of sp³-hybridized carbons (Fsp3) is 0.529. The summed E-state index contributed by atoms with van der Waals surface area (Å²) in [6, 6.07) is 5.75. The molecule has 0 aromatic heterocycles. The van der Waals surface area contributed by atoms with E-state index in [4.69, 9.17) is 0 Å². The molecule has 23 heavy (non-hydrogen) atoms. The highest BCUT2D eigenvalue weighted by molar-refractivity contribution is 5.99. The Morgan fingerprint density at radius 1 is 1.22 bits per heavy atom. The Balaban J connectivity index is 0.00000264. The predicted molar refractivity (Wildman–Crippen MR) is 95.4 cm³/mol. The Morgan fingerprint density at radius 2 is 1.91 bits per heavy atom. The van der Waals surface area contributed by atoms with E-state index in [0.717, 1.165) is 30.6 Å². The maximum atomic E-state index is 12.7. The average Bonchev–Trinajstić information content (AvgIpc) is 2.54. The third-order valence-corrected chi connectivity index (χ3v) is 4.16. The van der Waals surface area contributed by atoms with Crippen LogP contribution < -0.4 is 5.32 Å². The van der Waals surface area contributed by atoms with Crippen LogP contribution in [0.5, 0.6) is 0 Å². The smallest absolute Gasteiger partial charge is 0.254 e. The summed E-state index contributed by atoms with van der Waals surface area (Å²) in [7, 11) is 1.69. The third kappa shape index (κ3) is 4.38. The highest BCUT2D eigenvalue weighted by atomic mass is 35.5. The molecule has 1 N–H and O–H groups in total. The third-order valence-electron chi connectivity index (χ3n) is 4.16. The summed E-state index contributed by atoms with van der Waals surface area (Å²) in [6.45, 7) is 6.30. The molecule has 0 unspecified atom stereocenters. The summed E-state index contributed by atoms with van der Waals surface area (Å²) in [5.74, 6) is -0.0928. The van der Waals surface area contributed by atoms with Crippen LogP contribution in [-0.2, 0) is 11.2 Å². The summed E-state index contributed by atoms with van der Waals surface area (Å²) in [4.78, 5) is 28.1. The zero-order valence-corrected chi connectivity index (χ0v) is 14.9. The van der Waals surface area contributed by atoms with Crippen molar-refractivity contribution in [1.82, 2.24) is 9.80 Å². The first-order valence-electron chi connectivity index (χ1n) is 7.97. The van der Waals surface area contributed by atoms with Gasteiger partial charge in [-0.3, -0.25) is 9.59 Å². The number of hydrogen-bond acceptors (Lipinski definition) is 3. The van der Waals surface area contributed by atoms with Gasteiger partial charge in [-0.25, -0.2) is 0 Å². The molecule has 0 saturated carbocycles. The number of rotatable bonds is 5. The van der Waals surface area contributed by atoms with Gasteiger partial charge in [0.05, 0.1) is 6.54 Å². The Kier molecular flexibility index (Phi) is 7.36. The SMILES string of the molecule is CCN(CC)C(=O)CN(C)C(=O)c1cccc2c1CCCN2.Cl. The molecular formula is C17H26ClN3O2. The van der Waals surface area contributed by atoms with E-state index in [9.17, 15) is 9.59 Å². The van der Waals surface area contributed by atoms with Crippen LogP contribution in [0.3, 0.4) is 0 Å². The van der Waals surface area contributed by atoms with E-state index in [1.165, 1.54) is 4.90 Å². The van der Waals surface area contributed by atoms with E-state index < -0.39 is 0 Å². The van der Waals surface area contributed by atoms with Crippen LogP contribution in [0, 0.1) is 0 Å². The summed E-state index contributed by atoms with van der Waals surface area (Å²) in [6.07, 6.45) is 1.93. The molecule has 0 fully saturated rings. The highest BCUT2D eigenvalue weighted by Crippen LogP contribution is 2.26. The van der Waals surface area contributed by atoms with Gasteiger partial charge >= 0.3 is 0 Å². The monoisotopic (exact) mass is 339 g/mol. The maximum absolute atomic E-state index is 12.7. The molecule has 0 atom stereocenters. The number of amides is 2. The number of benzene rings is 1. The van der Waals surface area contributed by atoms with Gasteiger partial charge in [-0.05, 0) is 44.4 Å². The first-order valence-corrected chi connectivity index (χ1v) is 7.97. The van der Waals surface area contributed by atoms with Crippen molar-refractivity contribution in [2.75, 3.05) is 38.5 Å². The Hall–Kier alpha value is -1.75. The number of halogens is 1. The number of carbonyl (C=O) groups is 2. The number of likely N-dealkylation sites (N-methyl/N-ethyl adjacent to an activating group) is 2. The van der Waals surface area contributed by atoms with Crippen LogP contribution in [0.25, 0.3) is 0 Å². The molecule has 0 bridgehead atoms. The predicted octanol–water partition coefficient (Wildman–Crippen LogP) is 2.41. The zero-order valence-electron chi connectivity index (χ0n) is 14.1. The first-order chi connectivity index (χ1) is 10.6. The number of hydrogen-bond donors (Lipinski definition) is 1. The summed E-state index contributed by atoms with van der Waals surface area (Å²) in [5, 5.41) is 3.33.